The normalized spacial score (nSPS) is 14.4. The minimum Gasteiger partial charge on any atom is -0.412 e. The maximum atomic E-state index is 13.9. The molecule has 1 fully saturated rings. The first-order valence-electron chi connectivity index (χ1n) is 8.50. The van der Waals surface area contributed by atoms with Crippen molar-refractivity contribution >= 4 is 23.2 Å². The SMILES string of the molecule is O=C(c1nnc(-c2ccccc2Cl)o1)N1CCN(c2ccccc2F)CC1. The molecule has 0 aliphatic carbocycles. The molecule has 3 aromatic rings. The lowest BCUT2D eigenvalue weighted by atomic mass is 10.2. The van der Waals surface area contributed by atoms with Crippen molar-refractivity contribution in [1.82, 2.24) is 15.1 Å². The number of carbonyl (C=O) groups is 1. The molecule has 0 N–H and O–H groups in total. The molecule has 0 bridgehead atoms. The Bertz CT molecular complexity index is 970. The Balaban J connectivity index is 1.44. The standard InChI is InChI=1S/C19H16ClFN4O2/c20-14-6-2-1-5-13(14)17-22-23-18(27-17)19(26)25-11-9-24(10-12-25)16-8-4-3-7-15(16)21/h1-8H,9-12H2. The van der Waals surface area contributed by atoms with Crippen LogP contribution in [0.3, 0.4) is 0 Å². The summed E-state index contributed by atoms with van der Waals surface area (Å²) in [5.41, 5.74) is 1.12. The number of halogens is 2. The van der Waals surface area contributed by atoms with Gasteiger partial charge in [-0.25, -0.2) is 4.39 Å². The van der Waals surface area contributed by atoms with Crippen LogP contribution in [0.1, 0.15) is 10.7 Å². The summed E-state index contributed by atoms with van der Waals surface area (Å²) < 4.78 is 19.4. The molecule has 1 aliphatic heterocycles. The molecular formula is C19H16ClFN4O2. The summed E-state index contributed by atoms with van der Waals surface area (Å²) in [5, 5.41) is 8.26. The molecule has 1 aromatic heterocycles. The molecule has 1 saturated heterocycles. The molecule has 27 heavy (non-hydrogen) atoms. The van der Waals surface area contributed by atoms with Crippen LogP contribution in [0, 0.1) is 5.82 Å². The van der Waals surface area contributed by atoms with E-state index < -0.39 is 0 Å². The first-order chi connectivity index (χ1) is 13.1. The van der Waals surface area contributed by atoms with Crippen molar-refractivity contribution in [3.63, 3.8) is 0 Å². The minimum atomic E-state index is -0.339. The minimum absolute atomic E-state index is 0.0794. The van der Waals surface area contributed by atoms with Crippen LogP contribution in [-0.2, 0) is 0 Å². The van der Waals surface area contributed by atoms with E-state index in [2.05, 4.69) is 10.2 Å². The second kappa shape index (κ2) is 7.36. The quantitative estimate of drug-likeness (QED) is 0.689. The molecule has 0 radical (unpaired) electrons. The third-order valence-electron chi connectivity index (χ3n) is 4.47. The maximum absolute atomic E-state index is 13.9. The lowest BCUT2D eigenvalue weighted by Crippen LogP contribution is -2.49. The van der Waals surface area contributed by atoms with Gasteiger partial charge < -0.3 is 14.2 Å². The van der Waals surface area contributed by atoms with Crippen LogP contribution >= 0.6 is 11.6 Å². The van der Waals surface area contributed by atoms with Gasteiger partial charge in [0.25, 0.3) is 0 Å². The monoisotopic (exact) mass is 386 g/mol. The molecule has 4 rings (SSSR count). The Morgan fingerprint density at radius 3 is 2.44 bits per heavy atom. The van der Waals surface area contributed by atoms with Gasteiger partial charge in [0.1, 0.15) is 5.82 Å². The van der Waals surface area contributed by atoms with E-state index in [1.54, 1.807) is 47.4 Å². The predicted octanol–water partition coefficient (Wildman–Crippen LogP) is 3.49. The first kappa shape index (κ1) is 17.5. The zero-order valence-corrected chi connectivity index (χ0v) is 15.1. The molecule has 1 aliphatic rings. The number of amides is 1. The molecule has 2 heterocycles. The Labute approximate surface area is 160 Å². The molecule has 138 valence electrons. The van der Waals surface area contributed by atoms with Crippen molar-refractivity contribution in [1.29, 1.82) is 0 Å². The highest BCUT2D eigenvalue weighted by Crippen LogP contribution is 2.27. The van der Waals surface area contributed by atoms with E-state index in [4.69, 9.17) is 16.0 Å². The fraction of sp³-hybridized carbons (Fsp3) is 0.211. The van der Waals surface area contributed by atoms with Gasteiger partial charge in [0, 0.05) is 26.2 Å². The summed E-state index contributed by atoms with van der Waals surface area (Å²) in [6.07, 6.45) is 0. The molecule has 0 atom stereocenters. The summed E-state index contributed by atoms with van der Waals surface area (Å²) in [6.45, 7) is 1.93. The number of anilines is 1. The van der Waals surface area contributed by atoms with E-state index in [1.807, 2.05) is 4.90 Å². The van der Waals surface area contributed by atoms with Crippen molar-refractivity contribution in [2.45, 2.75) is 0 Å². The topological polar surface area (TPSA) is 62.5 Å². The highest BCUT2D eigenvalue weighted by atomic mass is 35.5. The van der Waals surface area contributed by atoms with Crippen LogP contribution in [-0.4, -0.2) is 47.2 Å². The maximum Gasteiger partial charge on any atom is 0.311 e. The number of aromatic nitrogens is 2. The number of benzene rings is 2. The Morgan fingerprint density at radius 1 is 1.00 bits per heavy atom. The van der Waals surface area contributed by atoms with Gasteiger partial charge in [-0.3, -0.25) is 4.79 Å². The van der Waals surface area contributed by atoms with Crippen LogP contribution in [0.15, 0.2) is 52.9 Å². The van der Waals surface area contributed by atoms with Crippen LogP contribution < -0.4 is 4.90 Å². The summed E-state index contributed by atoms with van der Waals surface area (Å²) in [5.74, 6) is -0.481. The number of hydrogen-bond donors (Lipinski definition) is 0. The summed E-state index contributed by atoms with van der Waals surface area (Å²) in [6, 6.07) is 13.7. The fourth-order valence-electron chi connectivity index (χ4n) is 3.05. The van der Waals surface area contributed by atoms with Gasteiger partial charge in [-0.1, -0.05) is 35.9 Å². The van der Waals surface area contributed by atoms with Gasteiger partial charge in [-0.2, -0.15) is 0 Å². The zero-order chi connectivity index (χ0) is 18.8. The van der Waals surface area contributed by atoms with Gasteiger partial charge >= 0.3 is 11.8 Å². The Kier molecular flexibility index (Phi) is 4.77. The number of para-hydroxylation sites is 1. The van der Waals surface area contributed by atoms with Crippen molar-refractivity contribution in [2.24, 2.45) is 0 Å². The molecule has 0 saturated carbocycles. The van der Waals surface area contributed by atoms with Crippen LogP contribution in [0.4, 0.5) is 10.1 Å². The van der Waals surface area contributed by atoms with E-state index in [-0.39, 0.29) is 23.5 Å². The van der Waals surface area contributed by atoms with Gasteiger partial charge in [-0.15, -0.1) is 10.2 Å². The second-order valence-electron chi connectivity index (χ2n) is 6.12. The number of rotatable bonds is 3. The zero-order valence-electron chi connectivity index (χ0n) is 14.3. The van der Waals surface area contributed by atoms with Gasteiger partial charge in [-0.05, 0) is 24.3 Å². The van der Waals surface area contributed by atoms with E-state index >= 15 is 0 Å². The van der Waals surface area contributed by atoms with Crippen LogP contribution in [0.2, 0.25) is 5.02 Å². The van der Waals surface area contributed by atoms with Crippen molar-refractivity contribution < 1.29 is 13.6 Å². The predicted molar refractivity (Wildman–Crippen MR) is 99.3 cm³/mol. The second-order valence-corrected chi connectivity index (χ2v) is 6.53. The van der Waals surface area contributed by atoms with Crippen molar-refractivity contribution in [3.8, 4) is 11.5 Å². The van der Waals surface area contributed by atoms with Crippen LogP contribution in [0.25, 0.3) is 11.5 Å². The molecule has 0 unspecified atom stereocenters. The summed E-state index contributed by atoms with van der Waals surface area (Å²) in [7, 11) is 0. The smallest absolute Gasteiger partial charge is 0.311 e. The third kappa shape index (κ3) is 3.50. The Morgan fingerprint density at radius 2 is 1.70 bits per heavy atom. The van der Waals surface area contributed by atoms with Gasteiger partial charge in [0.15, 0.2) is 0 Å². The largest absolute Gasteiger partial charge is 0.412 e. The first-order valence-corrected chi connectivity index (χ1v) is 8.88. The average molecular weight is 387 g/mol. The Hall–Kier alpha value is -2.93. The average Bonchev–Trinajstić information content (AvgIpc) is 3.18. The number of piperazine rings is 1. The molecule has 6 nitrogen and oxygen atoms in total. The van der Waals surface area contributed by atoms with E-state index in [0.29, 0.717) is 42.5 Å². The highest BCUT2D eigenvalue weighted by Gasteiger charge is 2.27. The molecule has 2 aromatic carbocycles. The van der Waals surface area contributed by atoms with E-state index in [1.165, 1.54) is 6.07 Å². The number of carbonyl (C=O) groups excluding carboxylic acids is 1. The lowest BCUT2D eigenvalue weighted by molar-refractivity contribution is 0.0707. The van der Waals surface area contributed by atoms with Crippen LogP contribution in [0.5, 0.6) is 0 Å². The highest BCUT2D eigenvalue weighted by molar-refractivity contribution is 6.33. The molecule has 0 spiro atoms. The fourth-order valence-corrected chi connectivity index (χ4v) is 3.26. The summed E-state index contributed by atoms with van der Waals surface area (Å²) in [4.78, 5) is 16.2. The van der Waals surface area contributed by atoms with Gasteiger partial charge in [0.2, 0.25) is 5.89 Å². The van der Waals surface area contributed by atoms with Crippen molar-refractivity contribution in [2.75, 3.05) is 31.1 Å². The molecule has 8 heteroatoms. The molecule has 1 amide bonds. The van der Waals surface area contributed by atoms with E-state index in [0.717, 1.165) is 0 Å². The number of hydrogen-bond acceptors (Lipinski definition) is 5. The van der Waals surface area contributed by atoms with E-state index in [9.17, 15) is 9.18 Å². The number of nitrogens with zero attached hydrogens (tertiary/aromatic N) is 4. The molecular weight excluding hydrogens is 371 g/mol. The summed E-state index contributed by atoms with van der Waals surface area (Å²) >= 11 is 6.12. The van der Waals surface area contributed by atoms with Gasteiger partial charge in [0.05, 0.1) is 16.3 Å². The lowest BCUT2D eigenvalue weighted by Gasteiger charge is -2.35. The third-order valence-corrected chi connectivity index (χ3v) is 4.80. The van der Waals surface area contributed by atoms with Crippen molar-refractivity contribution in [3.05, 3.63) is 65.3 Å².